The van der Waals surface area contributed by atoms with Gasteiger partial charge < -0.3 is 70.9 Å². The molecular weight excluding hydrogens is 758 g/mol. The van der Waals surface area contributed by atoms with Gasteiger partial charge in [0.1, 0.15) is 11.5 Å². The van der Waals surface area contributed by atoms with Gasteiger partial charge >= 0.3 is 59.1 Å². The van der Waals surface area contributed by atoms with E-state index in [1.807, 2.05) is 0 Å². The molecule has 0 saturated carbocycles. The predicted octanol–water partition coefficient (Wildman–Crippen LogP) is -8.99. The smallest absolute Gasteiger partial charge is 0.748 e. The molecule has 0 aliphatic rings. The molecule has 0 saturated heterocycles. The minimum atomic E-state index is -4.54. The van der Waals surface area contributed by atoms with Crippen molar-refractivity contribution in [2.75, 3.05) is 97.0 Å². The molecule has 2 atom stereocenters. The standard InChI is InChI=1S/C24H38N12O12S2.2Na/c1-47-17-7-16(30-24-34-20(26-4-6-50(44,45)46)32-22(36-24)28-10-14(40)12-38)18(48-2)8-15(17)29-23-33-19(25-3-5-49(41,42)43)31-21(35-23)27-9-13(39)11-37;;/h7-8,13-14,37-40H,3-6,9-12H2,1-2H3,(H,41,42,43)(H,44,45,46)(H3,25,27,29,31,33,35)(H3,26,28,30,32,34,36);;/q;2*+1/p-2. The number of hydrogen-bond donors (Lipinski definition) is 10. The van der Waals surface area contributed by atoms with Crippen molar-refractivity contribution in [2.45, 2.75) is 12.2 Å². The van der Waals surface area contributed by atoms with E-state index in [1.165, 1.54) is 26.4 Å². The summed E-state index contributed by atoms with van der Waals surface area (Å²) < 4.78 is 77.2. The SMILES string of the molecule is COc1cc(Nc2nc(NCCS(=O)(=O)[O-])nc(NCC(O)CO)n2)c(OC)cc1Nc1nc(NCCS(=O)(=O)[O-])nc(NCC(O)CO)n1.[Na+].[Na+]. The topological polar surface area (TPSA) is 363 Å². The Hall–Kier alpha value is -2.70. The number of ether oxygens (including phenoxy) is 2. The van der Waals surface area contributed by atoms with Crippen molar-refractivity contribution in [1.82, 2.24) is 29.9 Å². The van der Waals surface area contributed by atoms with E-state index in [0.29, 0.717) is 0 Å². The van der Waals surface area contributed by atoms with Crippen LogP contribution in [-0.4, -0.2) is 154 Å². The van der Waals surface area contributed by atoms with Crippen molar-refractivity contribution in [1.29, 1.82) is 0 Å². The summed E-state index contributed by atoms with van der Waals surface area (Å²) in [4.78, 5) is 24.9. The maximum atomic E-state index is 11.0. The molecule has 0 fully saturated rings. The molecule has 278 valence electrons. The molecule has 2 unspecified atom stereocenters. The van der Waals surface area contributed by atoms with Crippen LogP contribution in [0.25, 0.3) is 0 Å². The number of aliphatic hydroxyl groups is 4. The molecule has 52 heavy (non-hydrogen) atoms. The van der Waals surface area contributed by atoms with Crippen LogP contribution >= 0.6 is 0 Å². The van der Waals surface area contributed by atoms with Crippen LogP contribution in [0.15, 0.2) is 12.1 Å². The Morgan fingerprint density at radius 2 is 0.923 bits per heavy atom. The summed E-state index contributed by atoms with van der Waals surface area (Å²) >= 11 is 0. The first-order valence-corrected chi connectivity index (χ1v) is 17.5. The molecule has 28 heteroatoms. The van der Waals surface area contributed by atoms with Crippen LogP contribution in [0.2, 0.25) is 0 Å². The molecule has 3 aromatic rings. The van der Waals surface area contributed by atoms with Crippen molar-refractivity contribution in [2.24, 2.45) is 0 Å². The van der Waals surface area contributed by atoms with E-state index in [0.717, 1.165) is 0 Å². The molecule has 0 aliphatic carbocycles. The minimum absolute atomic E-state index is 0. The van der Waals surface area contributed by atoms with Crippen LogP contribution in [0.4, 0.5) is 47.1 Å². The second kappa shape index (κ2) is 22.5. The maximum Gasteiger partial charge on any atom is 1.00 e. The number of benzene rings is 1. The summed E-state index contributed by atoms with van der Waals surface area (Å²) in [7, 11) is -6.37. The van der Waals surface area contributed by atoms with Crippen LogP contribution in [0.3, 0.4) is 0 Å². The average molecular weight is 795 g/mol. The molecular formula is C24H36N12Na2O12S2. The van der Waals surface area contributed by atoms with Crippen LogP contribution in [-0.2, 0) is 20.2 Å². The van der Waals surface area contributed by atoms with Gasteiger partial charge in [-0.25, -0.2) is 16.8 Å². The molecule has 24 nitrogen and oxygen atoms in total. The number of methoxy groups -OCH3 is 2. The van der Waals surface area contributed by atoms with Crippen molar-refractivity contribution in [3.63, 3.8) is 0 Å². The summed E-state index contributed by atoms with van der Waals surface area (Å²) in [5.74, 6) is -1.81. The fourth-order valence-corrected chi connectivity index (χ4v) is 4.34. The monoisotopic (exact) mass is 794 g/mol. The Labute approximate surface area is 342 Å². The minimum Gasteiger partial charge on any atom is -0.748 e. The van der Waals surface area contributed by atoms with E-state index in [1.54, 1.807) is 0 Å². The third-order valence-electron chi connectivity index (χ3n) is 5.97. The zero-order valence-electron chi connectivity index (χ0n) is 28.5. The number of aromatic nitrogens is 6. The Morgan fingerprint density at radius 3 is 1.21 bits per heavy atom. The summed E-state index contributed by atoms with van der Waals surface area (Å²) in [5, 5.41) is 54.1. The zero-order chi connectivity index (χ0) is 36.9. The Bertz CT molecular complexity index is 1670. The molecule has 0 spiro atoms. The summed E-state index contributed by atoms with van der Waals surface area (Å²) in [6, 6.07) is 2.95. The summed E-state index contributed by atoms with van der Waals surface area (Å²) in [6.07, 6.45) is -2.31. The van der Waals surface area contributed by atoms with Gasteiger partial charge in [0, 0.05) is 38.3 Å². The van der Waals surface area contributed by atoms with Crippen molar-refractivity contribution in [3.8, 4) is 11.5 Å². The molecule has 0 radical (unpaired) electrons. The van der Waals surface area contributed by atoms with Gasteiger partial charge in [0.25, 0.3) is 0 Å². The van der Waals surface area contributed by atoms with Crippen molar-refractivity contribution >= 4 is 67.3 Å². The maximum absolute atomic E-state index is 11.0. The van der Waals surface area contributed by atoms with Crippen LogP contribution in [0, 0.1) is 0 Å². The normalized spacial score (nSPS) is 12.3. The molecule has 10 N–H and O–H groups in total. The molecule has 2 aromatic heterocycles. The number of aliphatic hydroxyl groups excluding tert-OH is 4. The van der Waals surface area contributed by atoms with Crippen LogP contribution in [0.1, 0.15) is 0 Å². The average Bonchev–Trinajstić information content (AvgIpc) is 3.05. The van der Waals surface area contributed by atoms with E-state index in [9.17, 15) is 36.2 Å². The van der Waals surface area contributed by atoms with E-state index in [4.69, 9.17) is 19.7 Å². The van der Waals surface area contributed by atoms with Gasteiger partial charge in [0.15, 0.2) is 0 Å². The van der Waals surface area contributed by atoms with E-state index in [2.05, 4.69) is 61.8 Å². The Balaban J connectivity index is 0.00000676. The number of anilines is 8. The largest absolute Gasteiger partial charge is 1.00 e. The third-order valence-corrected chi connectivity index (χ3v) is 7.38. The van der Waals surface area contributed by atoms with Gasteiger partial charge in [-0.2, -0.15) is 29.9 Å². The Morgan fingerprint density at radius 1 is 0.615 bits per heavy atom. The summed E-state index contributed by atoms with van der Waals surface area (Å²) in [5.41, 5.74) is 0.486. The van der Waals surface area contributed by atoms with Crippen molar-refractivity contribution in [3.05, 3.63) is 12.1 Å². The number of nitrogens with one attached hydrogen (secondary N) is 6. The Kier molecular flexibility index (Phi) is 20.5. The molecule has 1 aromatic carbocycles. The quantitative estimate of drug-likeness (QED) is 0.0333. The first-order chi connectivity index (χ1) is 23.6. The van der Waals surface area contributed by atoms with Gasteiger partial charge in [-0.05, 0) is 0 Å². The first-order valence-electron chi connectivity index (χ1n) is 14.3. The van der Waals surface area contributed by atoms with Crippen molar-refractivity contribution < 1.29 is 115 Å². The van der Waals surface area contributed by atoms with Gasteiger partial charge in [-0.1, -0.05) is 0 Å². The molecule has 0 aliphatic heterocycles. The van der Waals surface area contributed by atoms with Crippen LogP contribution < -0.4 is 100 Å². The fourth-order valence-electron chi connectivity index (χ4n) is 3.64. The molecule has 3 rings (SSSR count). The third kappa shape index (κ3) is 17.0. The van der Waals surface area contributed by atoms with Gasteiger partial charge in [-0.15, -0.1) is 0 Å². The number of rotatable bonds is 22. The number of nitrogens with zero attached hydrogens (tertiary/aromatic N) is 6. The second-order valence-corrected chi connectivity index (χ2v) is 13.0. The van der Waals surface area contributed by atoms with E-state index in [-0.39, 0.29) is 144 Å². The summed E-state index contributed by atoms with van der Waals surface area (Å²) in [6.45, 7) is -2.06. The van der Waals surface area contributed by atoms with Gasteiger partial charge in [-0.3, -0.25) is 0 Å². The van der Waals surface area contributed by atoms with E-state index < -0.39 is 57.2 Å². The molecule has 0 bridgehead atoms. The second-order valence-electron chi connectivity index (χ2n) is 9.93. The molecule has 2 heterocycles. The first kappa shape index (κ1) is 47.3. The molecule has 0 amide bonds. The number of hydrogen-bond acceptors (Lipinski definition) is 24. The van der Waals surface area contributed by atoms with Gasteiger partial charge in [0.05, 0.1) is 82.8 Å². The predicted molar refractivity (Wildman–Crippen MR) is 175 cm³/mol. The van der Waals surface area contributed by atoms with Gasteiger partial charge in [0.2, 0.25) is 35.7 Å². The fraction of sp³-hybridized carbons (Fsp3) is 0.500. The van der Waals surface area contributed by atoms with E-state index >= 15 is 0 Å². The zero-order valence-corrected chi connectivity index (χ0v) is 34.2. The van der Waals surface area contributed by atoms with Crippen LogP contribution in [0.5, 0.6) is 11.5 Å².